The lowest BCUT2D eigenvalue weighted by molar-refractivity contribution is -0.122. The van der Waals surface area contributed by atoms with Crippen LogP contribution in [-0.2, 0) is 10.2 Å². The van der Waals surface area contributed by atoms with Crippen molar-refractivity contribution in [2.45, 2.75) is 18.8 Å². The van der Waals surface area contributed by atoms with Gasteiger partial charge in [-0.05, 0) is 42.2 Å². The van der Waals surface area contributed by atoms with Gasteiger partial charge in [0.1, 0.15) is 0 Å². The van der Waals surface area contributed by atoms with Gasteiger partial charge in [-0.2, -0.15) is 5.10 Å². The molecule has 4 heteroatoms. The molecule has 28 heavy (non-hydrogen) atoms. The van der Waals surface area contributed by atoms with E-state index in [9.17, 15) is 4.79 Å². The minimum absolute atomic E-state index is 0.0532. The molecule has 1 aliphatic rings. The van der Waals surface area contributed by atoms with Crippen molar-refractivity contribution in [3.63, 3.8) is 0 Å². The summed E-state index contributed by atoms with van der Waals surface area (Å²) < 4.78 is 0. The molecule has 1 saturated carbocycles. The van der Waals surface area contributed by atoms with Gasteiger partial charge >= 0.3 is 0 Å². The normalized spacial score (nSPS) is 17.8. The zero-order chi connectivity index (χ0) is 19.6. The van der Waals surface area contributed by atoms with Crippen LogP contribution in [0.25, 0.3) is 0 Å². The number of nitrogens with zero attached hydrogens (tertiary/aromatic N) is 1. The van der Waals surface area contributed by atoms with Crippen LogP contribution in [-0.4, -0.2) is 11.6 Å². The third-order valence-corrected chi connectivity index (χ3v) is 5.52. The Morgan fingerprint density at radius 3 is 2.00 bits per heavy atom. The molecule has 0 radical (unpaired) electrons. The third-order valence-electron chi connectivity index (χ3n) is 5.52. The van der Waals surface area contributed by atoms with Crippen LogP contribution in [0.1, 0.15) is 30.0 Å². The van der Waals surface area contributed by atoms with Crippen LogP contribution >= 0.6 is 0 Å². The highest BCUT2D eigenvalue weighted by Crippen LogP contribution is 2.58. The highest BCUT2D eigenvalue weighted by Gasteiger charge is 2.60. The van der Waals surface area contributed by atoms with Gasteiger partial charge in [0.05, 0.1) is 11.6 Å². The minimum Gasteiger partial charge on any atom is -0.399 e. The number of hydrazone groups is 1. The number of nitrogens with one attached hydrogen (secondary N) is 1. The van der Waals surface area contributed by atoms with E-state index in [1.54, 1.807) is 0 Å². The SMILES string of the molecule is C/C(=N/NC(=O)[C@H]1CC1(c1ccccc1)c1ccccc1)c1ccc(N)cc1. The number of carbonyl (C=O) groups is 1. The number of carbonyl (C=O) groups excluding carboxylic acids is 1. The molecule has 0 bridgehead atoms. The van der Waals surface area contributed by atoms with Crippen molar-refractivity contribution in [2.24, 2.45) is 11.0 Å². The van der Waals surface area contributed by atoms with Crippen molar-refractivity contribution in [2.75, 3.05) is 5.73 Å². The molecule has 4 rings (SSSR count). The molecule has 3 N–H and O–H groups in total. The Hall–Kier alpha value is -3.40. The number of rotatable bonds is 5. The zero-order valence-corrected chi connectivity index (χ0v) is 15.8. The van der Waals surface area contributed by atoms with Crippen LogP contribution in [0, 0.1) is 5.92 Å². The van der Waals surface area contributed by atoms with Crippen LogP contribution in [0.3, 0.4) is 0 Å². The molecule has 0 aromatic heterocycles. The second kappa shape index (κ2) is 7.31. The van der Waals surface area contributed by atoms with Gasteiger partial charge in [0.2, 0.25) is 5.91 Å². The minimum atomic E-state index is -0.281. The summed E-state index contributed by atoms with van der Waals surface area (Å²) in [4.78, 5) is 12.9. The van der Waals surface area contributed by atoms with Crippen molar-refractivity contribution >= 4 is 17.3 Å². The summed E-state index contributed by atoms with van der Waals surface area (Å²) in [5.74, 6) is -0.192. The summed E-state index contributed by atoms with van der Waals surface area (Å²) in [6, 6.07) is 27.9. The number of nitrogen functional groups attached to an aromatic ring is 1. The second-order valence-corrected chi connectivity index (χ2v) is 7.26. The fraction of sp³-hybridized carbons (Fsp3) is 0.167. The van der Waals surface area contributed by atoms with Gasteiger partial charge in [-0.25, -0.2) is 5.43 Å². The van der Waals surface area contributed by atoms with Crippen molar-refractivity contribution in [1.82, 2.24) is 5.43 Å². The summed E-state index contributed by atoms with van der Waals surface area (Å²) in [5.41, 5.74) is 12.9. The summed E-state index contributed by atoms with van der Waals surface area (Å²) in [5, 5.41) is 4.31. The first kappa shape index (κ1) is 18.0. The van der Waals surface area contributed by atoms with Crippen LogP contribution in [0.4, 0.5) is 5.69 Å². The number of hydrogen-bond donors (Lipinski definition) is 2. The molecule has 1 aliphatic carbocycles. The Morgan fingerprint density at radius 2 is 1.46 bits per heavy atom. The van der Waals surface area contributed by atoms with E-state index in [-0.39, 0.29) is 17.2 Å². The van der Waals surface area contributed by atoms with Crippen molar-refractivity contribution in [1.29, 1.82) is 0 Å². The lowest BCUT2D eigenvalue weighted by atomic mass is 9.85. The van der Waals surface area contributed by atoms with Crippen molar-refractivity contribution in [3.05, 3.63) is 102 Å². The van der Waals surface area contributed by atoms with E-state index in [4.69, 9.17) is 5.73 Å². The highest BCUT2D eigenvalue weighted by atomic mass is 16.2. The van der Waals surface area contributed by atoms with Gasteiger partial charge in [-0.15, -0.1) is 0 Å². The van der Waals surface area contributed by atoms with Gasteiger partial charge in [0, 0.05) is 11.1 Å². The average molecular weight is 369 g/mol. The Bertz CT molecular complexity index is 956. The molecule has 0 aliphatic heterocycles. The number of hydrogen-bond acceptors (Lipinski definition) is 3. The maximum absolute atomic E-state index is 12.9. The van der Waals surface area contributed by atoms with Crippen molar-refractivity contribution < 1.29 is 4.79 Å². The predicted molar refractivity (Wildman–Crippen MR) is 113 cm³/mol. The topological polar surface area (TPSA) is 67.5 Å². The molecule has 140 valence electrons. The maximum atomic E-state index is 12.9. The first-order valence-corrected chi connectivity index (χ1v) is 9.42. The van der Waals surface area contributed by atoms with E-state index in [1.165, 1.54) is 11.1 Å². The Kier molecular flexibility index (Phi) is 4.70. The second-order valence-electron chi connectivity index (χ2n) is 7.26. The van der Waals surface area contributed by atoms with E-state index >= 15 is 0 Å². The molecule has 1 amide bonds. The van der Waals surface area contributed by atoms with Gasteiger partial charge in [0.25, 0.3) is 0 Å². The maximum Gasteiger partial charge on any atom is 0.244 e. The Labute approximate surface area is 165 Å². The molecule has 3 aromatic carbocycles. The van der Waals surface area contributed by atoms with Gasteiger partial charge < -0.3 is 5.73 Å². The predicted octanol–water partition coefficient (Wildman–Crippen LogP) is 4.12. The van der Waals surface area contributed by atoms with Crippen LogP contribution < -0.4 is 11.2 Å². The Balaban J connectivity index is 1.56. The molecule has 3 aromatic rings. The molecule has 0 spiro atoms. The molecular formula is C24H23N3O. The molecule has 1 atom stereocenters. The lowest BCUT2D eigenvalue weighted by Gasteiger charge is -2.18. The van der Waals surface area contributed by atoms with Crippen LogP contribution in [0.2, 0.25) is 0 Å². The van der Waals surface area contributed by atoms with E-state index in [1.807, 2.05) is 67.6 Å². The largest absolute Gasteiger partial charge is 0.399 e. The molecule has 0 unspecified atom stereocenters. The van der Waals surface area contributed by atoms with Gasteiger partial charge in [-0.1, -0.05) is 72.8 Å². The van der Waals surface area contributed by atoms with E-state index in [2.05, 4.69) is 34.8 Å². The van der Waals surface area contributed by atoms with E-state index in [0.29, 0.717) is 5.69 Å². The number of nitrogens with two attached hydrogens (primary N) is 1. The third kappa shape index (κ3) is 3.29. The summed E-state index contributed by atoms with van der Waals surface area (Å²) in [6.45, 7) is 1.88. The fourth-order valence-corrected chi connectivity index (χ4v) is 3.86. The first-order chi connectivity index (χ1) is 13.6. The molecule has 4 nitrogen and oxygen atoms in total. The number of amides is 1. The molecule has 0 saturated heterocycles. The summed E-state index contributed by atoms with van der Waals surface area (Å²) in [7, 11) is 0. The first-order valence-electron chi connectivity index (χ1n) is 9.42. The summed E-state index contributed by atoms with van der Waals surface area (Å²) in [6.07, 6.45) is 0.781. The van der Waals surface area contributed by atoms with E-state index < -0.39 is 0 Å². The highest BCUT2D eigenvalue weighted by molar-refractivity contribution is 5.99. The zero-order valence-electron chi connectivity index (χ0n) is 15.8. The van der Waals surface area contributed by atoms with Gasteiger partial charge in [-0.3, -0.25) is 4.79 Å². The van der Waals surface area contributed by atoms with Crippen LogP contribution in [0.15, 0.2) is 90.0 Å². The quantitative estimate of drug-likeness (QED) is 0.404. The summed E-state index contributed by atoms with van der Waals surface area (Å²) >= 11 is 0. The average Bonchev–Trinajstić information content (AvgIpc) is 3.51. The van der Waals surface area contributed by atoms with Crippen molar-refractivity contribution in [3.8, 4) is 0 Å². The monoisotopic (exact) mass is 369 g/mol. The number of benzene rings is 3. The van der Waals surface area contributed by atoms with E-state index in [0.717, 1.165) is 17.7 Å². The molecular weight excluding hydrogens is 346 g/mol. The Morgan fingerprint density at radius 1 is 0.929 bits per heavy atom. The van der Waals surface area contributed by atoms with Crippen LogP contribution in [0.5, 0.6) is 0 Å². The van der Waals surface area contributed by atoms with Gasteiger partial charge in [0.15, 0.2) is 0 Å². The molecule has 1 fully saturated rings. The smallest absolute Gasteiger partial charge is 0.244 e. The number of anilines is 1. The lowest BCUT2D eigenvalue weighted by Crippen LogP contribution is -2.26. The standard InChI is InChI=1S/C24H23N3O/c1-17(18-12-14-21(25)15-13-18)26-27-23(28)22-16-24(22,19-8-4-2-5-9-19)20-10-6-3-7-11-20/h2-15,22H,16,25H2,1H3,(H,27,28)/b26-17-/t22-/m1/s1. The molecule has 0 heterocycles. The fourth-order valence-electron chi connectivity index (χ4n) is 3.86.